The van der Waals surface area contributed by atoms with Crippen molar-refractivity contribution >= 4 is 0 Å². The zero-order valence-corrected chi connectivity index (χ0v) is 9.95. The molecule has 2 rings (SSSR count). The Hall–Kier alpha value is -1.75. The van der Waals surface area contributed by atoms with Gasteiger partial charge in [-0.2, -0.15) is 0 Å². The lowest BCUT2D eigenvalue weighted by Crippen LogP contribution is -2.14. The zero-order valence-electron chi connectivity index (χ0n) is 9.95. The first-order chi connectivity index (χ1) is 8.31. The lowest BCUT2D eigenvalue weighted by molar-refractivity contribution is 0.433. The molecule has 1 atom stereocenters. The summed E-state index contributed by atoms with van der Waals surface area (Å²) in [5.41, 5.74) is 6.91. The average molecular weight is 231 g/mol. The number of rotatable bonds is 5. The Morgan fingerprint density at radius 3 is 2.76 bits per heavy atom. The summed E-state index contributed by atoms with van der Waals surface area (Å²) in [6.45, 7) is 2.49. The topological polar surface area (TPSA) is 69.6 Å². The van der Waals surface area contributed by atoms with Crippen LogP contribution in [0.4, 0.5) is 0 Å². The molecule has 0 radical (unpaired) electrons. The van der Waals surface area contributed by atoms with Crippen LogP contribution in [0, 0.1) is 0 Å². The van der Waals surface area contributed by atoms with Gasteiger partial charge >= 0.3 is 0 Å². The molecule has 0 bridgehead atoms. The molecule has 0 aliphatic rings. The highest BCUT2D eigenvalue weighted by Gasteiger charge is 2.11. The highest BCUT2D eigenvalue weighted by molar-refractivity contribution is 5.14. The molecule has 2 aromatic rings. The van der Waals surface area contributed by atoms with Crippen molar-refractivity contribution in [1.29, 1.82) is 0 Å². The molecule has 90 valence electrons. The van der Waals surface area contributed by atoms with Crippen LogP contribution in [0.25, 0.3) is 0 Å². The normalized spacial score (nSPS) is 12.6. The Kier molecular flexibility index (Phi) is 3.82. The quantitative estimate of drug-likeness (QED) is 0.842. The molecule has 0 aliphatic heterocycles. The van der Waals surface area contributed by atoms with Crippen LogP contribution in [-0.4, -0.2) is 20.2 Å². The molecule has 0 saturated carbocycles. The van der Waals surface area contributed by atoms with Gasteiger partial charge in [0, 0.05) is 0 Å². The van der Waals surface area contributed by atoms with Gasteiger partial charge in [-0.25, -0.2) is 4.68 Å². The third-order valence-electron chi connectivity index (χ3n) is 2.85. The summed E-state index contributed by atoms with van der Waals surface area (Å²) >= 11 is 0. The molecule has 5 heteroatoms. The standard InChI is InChI=1S/C12H17N5/c1-10(17-12(9-13)14-15-16-17)7-8-11-5-3-2-4-6-11/h2-6,10H,7-9,13H2,1H3. The van der Waals surface area contributed by atoms with E-state index in [1.807, 2.05) is 10.7 Å². The number of hydrogen-bond donors (Lipinski definition) is 1. The maximum Gasteiger partial charge on any atom is 0.165 e. The number of nitrogens with zero attached hydrogens (tertiary/aromatic N) is 4. The predicted octanol–water partition coefficient (Wildman–Crippen LogP) is 1.33. The van der Waals surface area contributed by atoms with Crippen molar-refractivity contribution in [3.8, 4) is 0 Å². The SMILES string of the molecule is CC(CCc1ccccc1)n1nnnc1CN. The molecule has 1 unspecified atom stereocenters. The highest BCUT2D eigenvalue weighted by Crippen LogP contribution is 2.14. The Labute approximate surface area is 101 Å². The first kappa shape index (κ1) is 11.7. The number of nitrogens with two attached hydrogens (primary N) is 1. The smallest absolute Gasteiger partial charge is 0.165 e. The van der Waals surface area contributed by atoms with Gasteiger partial charge in [-0.3, -0.25) is 0 Å². The van der Waals surface area contributed by atoms with Crippen molar-refractivity contribution in [3.63, 3.8) is 0 Å². The molecular formula is C12H17N5. The van der Waals surface area contributed by atoms with Crippen molar-refractivity contribution < 1.29 is 0 Å². The fourth-order valence-corrected chi connectivity index (χ4v) is 1.83. The maximum absolute atomic E-state index is 5.58. The summed E-state index contributed by atoms with van der Waals surface area (Å²) in [5, 5.41) is 11.5. The molecule has 17 heavy (non-hydrogen) atoms. The van der Waals surface area contributed by atoms with Gasteiger partial charge in [0.1, 0.15) is 0 Å². The molecule has 5 nitrogen and oxygen atoms in total. The van der Waals surface area contributed by atoms with E-state index >= 15 is 0 Å². The molecule has 1 aromatic carbocycles. The monoisotopic (exact) mass is 231 g/mol. The van der Waals surface area contributed by atoms with E-state index < -0.39 is 0 Å². The zero-order chi connectivity index (χ0) is 12.1. The van der Waals surface area contributed by atoms with Gasteiger partial charge in [0.2, 0.25) is 0 Å². The molecule has 1 aromatic heterocycles. The third kappa shape index (κ3) is 2.88. The van der Waals surface area contributed by atoms with Crippen LogP contribution in [0.1, 0.15) is 30.8 Å². The second-order valence-corrected chi connectivity index (χ2v) is 4.12. The first-order valence-electron chi connectivity index (χ1n) is 5.82. The fraction of sp³-hybridized carbons (Fsp3) is 0.417. The summed E-state index contributed by atoms with van der Waals surface area (Å²) in [5.74, 6) is 0.741. The molecular weight excluding hydrogens is 214 g/mol. The largest absolute Gasteiger partial charge is 0.324 e. The second kappa shape index (κ2) is 5.54. The Morgan fingerprint density at radius 2 is 2.06 bits per heavy atom. The van der Waals surface area contributed by atoms with E-state index in [-0.39, 0.29) is 6.04 Å². The summed E-state index contributed by atoms with van der Waals surface area (Å²) in [6.07, 6.45) is 2.02. The van der Waals surface area contributed by atoms with E-state index in [4.69, 9.17) is 5.73 Å². The molecule has 1 heterocycles. The summed E-state index contributed by atoms with van der Waals surface area (Å²) in [7, 11) is 0. The minimum Gasteiger partial charge on any atom is -0.324 e. The predicted molar refractivity (Wildman–Crippen MR) is 65.2 cm³/mol. The van der Waals surface area contributed by atoms with E-state index in [1.165, 1.54) is 5.56 Å². The van der Waals surface area contributed by atoms with E-state index in [1.54, 1.807) is 0 Å². The lowest BCUT2D eigenvalue weighted by Gasteiger charge is -2.12. The third-order valence-corrected chi connectivity index (χ3v) is 2.85. The van der Waals surface area contributed by atoms with Gasteiger partial charge < -0.3 is 5.73 Å². The Morgan fingerprint density at radius 1 is 1.29 bits per heavy atom. The van der Waals surface area contributed by atoms with Crippen molar-refractivity contribution in [2.24, 2.45) is 5.73 Å². The van der Waals surface area contributed by atoms with E-state index in [0.717, 1.165) is 18.7 Å². The molecule has 2 N–H and O–H groups in total. The van der Waals surface area contributed by atoms with Crippen LogP contribution < -0.4 is 5.73 Å². The van der Waals surface area contributed by atoms with Gasteiger partial charge in [-0.15, -0.1) is 5.10 Å². The van der Waals surface area contributed by atoms with E-state index in [9.17, 15) is 0 Å². The number of tetrazole rings is 1. The molecule has 0 saturated heterocycles. The minimum atomic E-state index is 0.267. The second-order valence-electron chi connectivity index (χ2n) is 4.12. The number of hydrogen-bond acceptors (Lipinski definition) is 4. The van der Waals surface area contributed by atoms with Gasteiger partial charge in [0.25, 0.3) is 0 Å². The number of aryl methyl sites for hydroxylation is 1. The van der Waals surface area contributed by atoms with Crippen molar-refractivity contribution in [3.05, 3.63) is 41.7 Å². The minimum absolute atomic E-state index is 0.267. The fourth-order valence-electron chi connectivity index (χ4n) is 1.83. The van der Waals surface area contributed by atoms with Crippen LogP contribution >= 0.6 is 0 Å². The van der Waals surface area contributed by atoms with Crippen LogP contribution in [0.3, 0.4) is 0 Å². The van der Waals surface area contributed by atoms with Crippen LogP contribution in [0.5, 0.6) is 0 Å². The molecule has 0 spiro atoms. The van der Waals surface area contributed by atoms with Crippen LogP contribution in [0.15, 0.2) is 30.3 Å². The summed E-state index contributed by atoms with van der Waals surface area (Å²) < 4.78 is 1.81. The van der Waals surface area contributed by atoms with Gasteiger partial charge in [-0.05, 0) is 35.8 Å². The summed E-state index contributed by atoms with van der Waals surface area (Å²) in [6, 6.07) is 10.7. The molecule has 0 amide bonds. The number of aromatic nitrogens is 4. The lowest BCUT2D eigenvalue weighted by atomic mass is 10.1. The highest BCUT2D eigenvalue weighted by atomic mass is 15.5. The summed E-state index contributed by atoms with van der Waals surface area (Å²) in [4.78, 5) is 0. The van der Waals surface area contributed by atoms with Crippen molar-refractivity contribution in [2.75, 3.05) is 0 Å². The molecule has 0 fully saturated rings. The van der Waals surface area contributed by atoms with Gasteiger partial charge in [0.05, 0.1) is 12.6 Å². The Bertz CT molecular complexity index is 451. The molecule has 0 aliphatic carbocycles. The van der Waals surface area contributed by atoms with Gasteiger partial charge in [-0.1, -0.05) is 30.3 Å². The van der Waals surface area contributed by atoms with Crippen LogP contribution in [0.2, 0.25) is 0 Å². The average Bonchev–Trinajstić information content (AvgIpc) is 2.85. The van der Waals surface area contributed by atoms with Gasteiger partial charge in [0.15, 0.2) is 5.82 Å². The van der Waals surface area contributed by atoms with Crippen LogP contribution in [-0.2, 0) is 13.0 Å². The van der Waals surface area contributed by atoms with E-state index in [2.05, 4.69) is 46.7 Å². The Balaban J connectivity index is 1.96. The maximum atomic E-state index is 5.58. The van der Waals surface area contributed by atoms with Crippen molar-refractivity contribution in [2.45, 2.75) is 32.4 Å². The van der Waals surface area contributed by atoms with Crippen molar-refractivity contribution in [1.82, 2.24) is 20.2 Å². The first-order valence-corrected chi connectivity index (χ1v) is 5.82. The van der Waals surface area contributed by atoms with E-state index in [0.29, 0.717) is 6.54 Å². The number of benzene rings is 1.